The Labute approximate surface area is 123 Å². The monoisotopic (exact) mass is 279 g/mol. The molecule has 0 aliphatic rings. The van der Waals surface area contributed by atoms with Crippen molar-refractivity contribution in [2.75, 3.05) is 0 Å². The van der Waals surface area contributed by atoms with Crippen molar-refractivity contribution < 1.29 is 9.84 Å². The van der Waals surface area contributed by atoms with Crippen molar-refractivity contribution in [3.8, 4) is 5.75 Å². The standard InChI is InChI=1S/C18H17NO2/c1-13-8-14(10-19-9-13)12-21-18-7-6-15-4-2-3-5-16(15)17(18)11-20/h2-10,20H,11-12H2,1H3. The number of hydrogen-bond donors (Lipinski definition) is 1. The first-order valence-corrected chi connectivity index (χ1v) is 6.93. The van der Waals surface area contributed by atoms with E-state index in [9.17, 15) is 5.11 Å². The molecular weight excluding hydrogens is 262 g/mol. The first-order chi connectivity index (χ1) is 10.3. The summed E-state index contributed by atoms with van der Waals surface area (Å²) in [5.41, 5.74) is 2.96. The van der Waals surface area contributed by atoms with Crippen molar-refractivity contribution in [1.29, 1.82) is 0 Å². The number of aliphatic hydroxyl groups excluding tert-OH is 1. The van der Waals surface area contributed by atoms with Gasteiger partial charge in [0, 0.05) is 23.5 Å². The van der Waals surface area contributed by atoms with Gasteiger partial charge in [0.15, 0.2) is 0 Å². The molecule has 0 radical (unpaired) electrons. The Morgan fingerprint density at radius 2 is 1.95 bits per heavy atom. The van der Waals surface area contributed by atoms with Crippen molar-refractivity contribution in [3.63, 3.8) is 0 Å². The predicted octanol–water partition coefficient (Wildman–Crippen LogP) is 3.61. The normalized spacial score (nSPS) is 10.8. The number of hydrogen-bond acceptors (Lipinski definition) is 3. The van der Waals surface area contributed by atoms with Crippen LogP contribution in [0.15, 0.2) is 54.9 Å². The van der Waals surface area contributed by atoms with Gasteiger partial charge in [-0.3, -0.25) is 4.98 Å². The van der Waals surface area contributed by atoms with Crippen LogP contribution in [0, 0.1) is 6.92 Å². The zero-order chi connectivity index (χ0) is 14.7. The van der Waals surface area contributed by atoms with Gasteiger partial charge in [-0.15, -0.1) is 0 Å². The highest BCUT2D eigenvalue weighted by Gasteiger charge is 2.08. The van der Waals surface area contributed by atoms with Gasteiger partial charge in [-0.2, -0.15) is 0 Å². The fourth-order valence-electron chi connectivity index (χ4n) is 2.47. The summed E-state index contributed by atoms with van der Waals surface area (Å²) in [7, 11) is 0. The molecule has 0 saturated carbocycles. The Kier molecular flexibility index (Phi) is 3.84. The van der Waals surface area contributed by atoms with E-state index in [2.05, 4.69) is 4.98 Å². The minimum Gasteiger partial charge on any atom is -0.488 e. The van der Waals surface area contributed by atoms with Gasteiger partial charge in [0.1, 0.15) is 12.4 Å². The van der Waals surface area contributed by atoms with Crippen LogP contribution in [-0.4, -0.2) is 10.1 Å². The molecule has 1 heterocycles. The lowest BCUT2D eigenvalue weighted by atomic mass is 10.0. The van der Waals surface area contributed by atoms with Crippen LogP contribution in [-0.2, 0) is 13.2 Å². The number of aromatic nitrogens is 1. The summed E-state index contributed by atoms with van der Waals surface area (Å²) in [5.74, 6) is 0.720. The van der Waals surface area contributed by atoms with Crippen LogP contribution in [0.3, 0.4) is 0 Å². The number of fused-ring (bicyclic) bond motifs is 1. The molecule has 0 aliphatic carbocycles. The third-order valence-corrected chi connectivity index (χ3v) is 3.48. The maximum atomic E-state index is 9.67. The van der Waals surface area contributed by atoms with Gasteiger partial charge < -0.3 is 9.84 Å². The molecular formula is C18H17NO2. The van der Waals surface area contributed by atoms with Gasteiger partial charge in [0.2, 0.25) is 0 Å². The van der Waals surface area contributed by atoms with Gasteiger partial charge >= 0.3 is 0 Å². The molecule has 106 valence electrons. The largest absolute Gasteiger partial charge is 0.488 e. The Hall–Kier alpha value is -2.39. The topological polar surface area (TPSA) is 42.4 Å². The maximum Gasteiger partial charge on any atom is 0.125 e. The molecule has 2 aromatic carbocycles. The summed E-state index contributed by atoms with van der Waals surface area (Å²) in [6.45, 7) is 2.41. The zero-order valence-corrected chi connectivity index (χ0v) is 11.9. The Morgan fingerprint density at radius 3 is 2.76 bits per heavy atom. The van der Waals surface area contributed by atoms with Gasteiger partial charge in [0.25, 0.3) is 0 Å². The molecule has 1 N–H and O–H groups in total. The molecule has 3 aromatic rings. The van der Waals surface area contributed by atoms with E-state index in [0.717, 1.165) is 33.2 Å². The summed E-state index contributed by atoms with van der Waals surface area (Å²) >= 11 is 0. The van der Waals surface area contributed by atoms with Crippen LogP contribution in [0.4, 0.5) is 0 Å². The van der Waals surface area contributed by atoms with Crippen LogP contribution in [0.1, 0.15) is 16.7 Å². The van der Waals surface area contributed by atoms with Gasteiger partial charge in [-0.1, -0.05) is 30.3 Å². The van der Waals surface area contributed by atoms with Crippen molar-refractivity contribution in [3.05, 3.63) is 71.5 Å². The predicted molar refractivity (Wildman–Crippen MR) is 83.2 cm³/mol. The quantitative estimate of drug-likeness (QED) is 0.793. The number of aryl methyl sites for hydroxylation is 1. The molecule has 3 rings (SSSR count). The molecule has 0 spiro atoms. The average molecular weight is 279 g/mol. The molecule has 0 unspecified atom stereocenters. The first-order valence-electron chi connectivity index (χ1n) is 6.93. The number of rotatable bonds is 4. The molecule has 0 fully saturated rings. The molecule has 3 heteroatoms. The minimum absolute atomic E-state index is 0.0389. The summed E-state index contributed by atoms with van der Waals surface area (Å²) in [6, 6.07) is 14.0. The molecule has 0 saturated heterocycles. The average Bonchev–Trinajstić information content (AvgIpc) is 2.52. The second kappa shape index (κ2) is 5.94. The van der Waals surface area contributed by atoms with E-state index in [1.807, 2.05) is 55.6 Å². The number of pyridine rings is 1. The fourth-order valence-corrected chi connectivity index (χ4v) is 2.47. The van der Waals surface area contributed by atoms with Crippen LogP contribution in [0.25, 0.3) is 10.8 Å². The van der Waals surface area contributed by atoms with Crippen LogP contribution >= 0.6 is 0 Å². The second-order valence-corrected chi connectivity index (χ2v) is 5.08. The smallest absolute Gasteiger partial charge is 0.125 e. The SMILES string of the molecule is Cc1cncc(COc2ccc3ccccc3c2CO)c1. The lowest BCUT2D eigenvalue weighted by Crippen LogP contribution is -2.00. The first kappa shape index (κ1) is 13.6. The molecule has 0 atom stereocenters. The summed E-state index contributed by atoms with van der Waals surface area (Å²) in [6.07, 6.45) is 3.62. The van der Waals surface area contributed by atoms with Gasteiger partial charge in [-0.25, -0.2) is 0 Å². The molecule has 21 heavy (non-hydrogen) atoms. The Bertz CT molecular complexity index is 768. The van der Waals surface area contributed by atoms with E-state index >= 15 is 0 Å². The summed E-state index contributed by atoms with van der Waals surface area (Å²) in [4.78, 5) is 4.16. The van der Waals surface area contributed by atoms with Gasteiger partial charge in [-0.05, 0) is 35.4 Å². The van der Waals surface area contributed by atoms with Crippen molar-refractivity contribution in [1.82, 2.24) is 4.98 Å². The highest BCUT2D eigenvalue weighted by molar-refractivity contribution is 5.87. The highest BCUT2D eigenvalue weighted by atomic mass is 16.5. The Morgan fingerprint density at radius 1 is 1.10 bits per heavy atom. The zero-order valence-electron chi connectivity index (χ0n) is 11.9. The minimum atomic E-state index is -0.0389. The summed E-state index contributed by atoms with van der Waals surface area (Å²) in [5, 5.41) is 11.8. The van der Waals surface area contributed by atoms with E-state index < -0.39 is 0 Å². The van der Waals surface area contributed by atoms with Crippen molar-refractivity contribution >= 4 is 10.8 Å². The lowest BCUT2D eigenvalue weighted by Gasteiger charge is -2.13. The van der Waals surface area contributed by atoms with E-state index in [4.69, 9.17) is 4.74 Å². The van der Waals surface area contributed by atoms with E-state index in [1.54, 1.807) is 6.20 Å². The molecule has 0 amide bonds. The van der Waals surface area contributed by atoms with E-state index in [0.29, 0.717) is 6.61 Å². The molecule has 1 aromatic heterocycles. The van der Waals surface area contributed by atoms with Crippen molar-refractivity contribution in [2.24, 2.45) is 0 Å². The van der Waals surface area contributed by atoms with Crippen molar-refractivity contribution in [2.45, 2.75) is 20.1 Å². The van der Waals surface area contributed by atoms with E-state index in [1.165, 1.54) is 0 Å². The molecule has 3 nitrogen and oxygen atoms in total. The maximum absolute atomic E-state index is 9.67. The van der Waals surface area contributed by atoms with Gasteiger partial charge in [0.05, 0.1) is 6.61 Å². The molecule has 0 aliphatic heterocycles. The number of ether oxygens (including phenoxy) is 1. The number of aliphatic hydroxyl groups is 1. The van der Waals surface area contributed by atoms with Crippen LogP contribution < -0.4 is 4.74 Å². The van der Waals surface area contributed by atoms with Crippen LogP contribution in [0.2, 0.25) is 0 Å². The third kappa shape index (κ3) is 2.88. The fraction of sp³-hybridized carbons (Fsp3) is 0.167. The summed E-state index contributed by atoms with van der Waals surface area (Å²) < 4.78 is 5.88. The number of nitrogens with zero attached hydrogens (tertiary/aromatic N) is 1. The highest BCUT2D eigenvalue weighted by Crippen LogP contribution is 2.28. The second-order valence-electron chi connectivity index (χ2n) is 5.08. The lowest BCUT2D eigenvalue weighted by molar-refractivity contribution is 0.260. The molecule has 0 bridgehead atoms. The van der Waals surface area contributed by atoms with Crippen LogP contribution in [0.5, 0.6) is 5.75 Å². The Balaban J connectivity index is 1.90. The van der Waals surface area contributed by atoms with E-state index in [-0.39, 0.29) is 6.61 Å². The third-order valence-electron chi connectivity index (χ3n) is 3.48. The number of benzene rings is 2.